The Morgan fingerprint density at radius 2 is 1.00 bits per heavy atom. The van der Waals surface area contributed by atoms with Crippen LogP contribution in [0.5, 0.6) is 0 Å². The highest BCUT2D eigenvalue weighted by Crippen LogP contribution is 2.64. The van der Waals surface area contributed by atoms with Crippen LogP contribution in [0.15, 0.2) is 72.8 Å². The van der Waals surface area contributed by atoms with Crippen LogP contribution >= 0.6 is 12.2 Å². The molecule has 7 aliphatic rings. The van der Waals surface area contributed by atoms with E-state index in [1.54, 1.807) is 0 Å². The highest BCUT2D eigenvalue weighted by molar-refractivity contribution is 7.80. The molecule has 0 nitrogen and oxygen atoms in total. The van der Waals surface area contributed by atoms with Crippen molar-refractivity contribution in [3.63, 3.8) is 0 Å². The lowest BCUT2D eigenvalue weighted by Crippen LogP contribution is -2.55. The van der Waals surface area contributed by atoms with Crippen LogP contribution in [0.4, 0.5) is 0 Å². The third-order valence-electron chi connectivity index (χ3n) is 9.93. The van der Waals surface area contributed by atoms with Crippen molar-refractivity contribution in [3.8, 4) is 0 Å². The summed E-state index contributed by atoms with van der Waals surface area (Å²) in [5.74, 6) is 4.48. The highest BCUT2D eigenvalue weighted by atomic mass is 32.1. The second-order valence-corrected chi connectivity index (χ2v) is 11.7. The maximum Gasteiger partial charge on any atom is 0.0776 e. The summed E-state index contributed by atoms with van der Waals surface area (Å²) in [6, 6.07) is 27.7. The van der Waals surface area contributed by atoms with E-state index in [2.05, 4.69) is 72.8 Å². The van der Waals surface area contributed by atoms with E-state index in [9.17, 15) is 0 Å². The molecule has 4 fully saturated rings. The topological polar surface area (TPSA) is 0 Å². The average Bonchev–Trinajstić information content (AvgIpc) is 2.83. The number of thiocarbonyl (C=S) groups is 1. The maximum absolute atomic E-state index is 6.77. The molecule has 4 saturated carbocycles. The molecule has 6 bridgehead atoms. The van der Waals surface area contributed by atoms with Crippen molar-refractivity contribution < 1.29 is 0 Å². The van der Waals surface area contributed by atoms with Gasteiger partial charge in [-0.3, -0.25) is 0 Å². The van der Waals surface area contributed by atoms with E-state index in [0.29, 0.717) is 11.8 Å². The molecule has 0 N–H and O–H groups in total. The van der Waals surface area contributed by atoms with E-state index in [0.717, 1.165) is 23.7 Å². The zero-order chi connectivity index (χ0) is 21.0. The first kappa shape index (κ1) is 18.2. The standard InChI is InChI=1S/C31H28S/c32-30(28-20-14-18-13-19(16-20)17-21(28)15-18)31-25-10-4-1-7-22(25)29(23-8-2-5-11-26(23)31)24-9-3-6-12-27(24)31/h1-12,18-21,28-29H,13-17H2. The fourth-order valence-corrected chi connectivity index (χ4v) is 9.92. The normalized spacial score (nSPS) is 37.0. The quantitative estimate of drug-likeness (QED) is 0.384. The molecule has 158 valence electrons. The van der Waals surface area contributed by atoms with E-state index >= 15 is 0 Å². The minimum atomic E-state index is -0.270. The molecule has 0 atom stereocenters. The monoisotopic (exact) mass is 432 g/mol. The Morgan fingerprint density at radius 1 is 0.594 bits per heavy atom. The summed E-state index contributed by atoms with van der Waals surface area (Å²) in [6.07, 6.45) is 7.17. The Kier molecular flexibility index (Phi) is 3.53. The smallest absolute Gasteiger partial charge is 0.0776 e. The van der Waals surface area contributed by atoms with Crippen LogP contribution in [0.1, 0.15) is 71.4 Å². The lowest BCUT2D eigenvalue weighted by Gasteiger charge is -2.59. The predicted molar refractivity (Wildman–Crippen MR) is 133 cm³/mol. The van der Waals surface area contributed by atoms with Crippen LogP contribution in [-0.2, 0) is 5.41 Å². The zero-order valence-corrected chi connectivity index (χ0v) is 19.2. The van der Waals surface area contributed by atoms with Gasteiger partial charge in [0.1, 0.15) is 0 Å². The summed E-state index contributed by atoms with van der Waals surface area (Å²) < 4.78 is 0. The van der Waals surface area contributed by atoms with E-state index in [-0.39, 0.29) is 5.41 Å². The van der Waals surface area contributed by atoms with Crippen molar-refractivity contribution in [2.75, 3.05) is 0 Å². The van der Waals surface area contributed by atoms with Crippen LogP contribution in [-0.4, -0.2) is 4.86 Å². The summed E-state index contributed by atoms with van der Waals surface area (Å²) in [4.78, 5) is 1.34. The molecule has 0 heterocycles. The summed E-state index contributed by atoms with van der Waals surface area (Å²) >= 11 is 6.77. The van der Waals surface area contributed by atoms with Crippen LogP contribution in [0, 0.1) is 29.6 Å². The Balaban J connectivity index is 1.43. The van der Waals surface area contributed by atoms with Crippen LogP contribution < -0.4 is 0 Å². The van der Waals surface area contributed by atoms with Gasteiger partial charge in [-0.2, -0.15) is 0 Å². The molecule has 0 saturated heterocycles. The molecule has 0 radical (unpaired) electrons. The molecule has 0 aliphatic heterocycles. The van der Waals surface area contributed by atoms with Crippen molar-refractivity contribution in [2.45, 2.75) is 43.4 Å². The Morgan fingerprint density at radius 3 is 1.44 bits per heavy atom. The lowest BCUT2D eigenvalue weighted by atomic mass is 9.45. The highest BCUT2D eigenvalue weighted by Gasteiger charge is 2.59. The second-order valence-electron chi connectivity index (χ2n) is 11.3. The molecule has 7 aliphatic carbocycles. The molecule has 32 heavy (non-hydrogen) atoms. The molecular formula is C31H28S. The summed E-state index contributed by atoms with van der Waals surface area (Å²) in [6.45, 7) is 0. The van der Waals surface area contributed by atoms with Gasteiger partial charge in [0, 0.05) is 10.8 Å². The summed E-state index contributed by atoms with van der Waals surface area (Å²) in [5.41, 5.74) is 8.60. The Hall–Kier alpha value is -2.25. The average molecular weight is 433 g/mol. The molecular weight excluding hydrogens is 404 g/mol. The maximum atomic E-state index is 6.77. The van der Waals surface area contributed by atoms with Gasteiger partial charge in [0.05, 0.1) is 5.41 Å². The minimum absolute atomic E-state index is 0.270. The summed E-state index contributed by atoms with van der Waals surface area (Å²) in [5, 5.41) is 0. The first-order chi connectivity index (χ1) is 15.8. The molecule has 3 aromatic carbocycles. The Labute approximate surface area is 196 Å². The lowest BCUT2D eigenvalue weighted by molar-refractivity contribution is -0.00878. The van der Waals surface area contributed by atoms with Gasteiger partial charge in [-0.1, -0.05) is 85.0 Å². The van der Waals surface area contributed by atoms with Crippen molar-refractivity contribution in [2.24, 2.45) is 29.6 Å². The fraction of sp³-hybridized carbons (Fsp3) is 0.387. The first-order valence-electron chi connectivity index (χ1n) is 12.6. The van der Waals surface area contributed by atoms with Gasteiger partial charge in [0.2, 0.25) is 0 Å². The van der Waals surface area contributed by atoms with Gasteiger partial charge in [-0.15, -0.1) is 0 Å². The van der Waals surface area contributed by atoms with Gasteiger partial charge >= 0.3 is 0 Å². The molecule has 0 spiro atoms. The second kappa shape index (κ2) is 6.20. The SMILES string of the molecule is S=C(C1C2CC3CC(C2)CC1C3)C12c3ccccc3C(c3ccccc31)c1ccccc12. The van der Waals surface area contributed by atoms with Gasteiger partial charge in [-0.25, -0.2) is 0 Å². The predicted octanol–water partition coefficient (Wildman–Crippen LogP) is 7.27. The molecule has 0 aromatic heterocycles. The van der Waals surface area contributed by atoms with E-state index in [1.165, 1.54) is 70.3 Å². The molecule has 0 unspecified atom stereocenters. The van der Waals surface area contributed by atoms with E-state index < -0.39 is 0 Å². The van der Waals surface area contributed by atoms with E-state index in [4.69, 9.17) is 12.2 Å². The zero-order valence-electron chi connectivity index (χ0n) is 18.3. The minimum Gasteiger partial charge on any atom is -0.0876 e. The van der Waals surface area contributed by atoms with Gasteiger partial charge in [-0.05, 0) is 95.1 Å². The van der Waals surface area contributed by atoms with Crippen molar-refractivity contribution >= 4 is 17.1 Å². The van der Waals surface area contributed by atoms with Crippen LogP contribution in [0.3, 0.4) is 0 Å². The molecule has 0 amide bonds. The molecule has 3 aromatic rings. The van der Waals surface area contributed by atoms with Crippen molar-refractivity contribution in [1.29, 1.82) is 0 Å². The van der Waals surface area contributed by atoms with Crippen LogP contribution in [0.2, 0.25) is 0 Å². The largest absolute Gasteiger partial charge is 0.0876 e. The first-order valence-corrected chi connectivity index (χ1v) is 13.0. The molecule has 10 rings (SSSR count). The van der Waals surface area contributed by atoms with Gasteiger partial charge in [0.25, 0.3) is 0 Å². The number of rotatable bonds is 2. The number of hydrogen-bond acceptors (Lipinski definition) is 1. The number of hydrogen-bond donors (Lipinski definition) is 0. The van der Waals surface area contributed by atoms with Gasteiger partial charge < -0.3 is 0 Å². The summed E-state index contributed by atoms with van der Waals surface area (Å²) in [7, 11) is 0. The molecule has 1 heteroatoms. The third-order valence-corrected chi connectivity index (χ3v) is 10.5. The van der Waals surface area contributed by atoms with Crippen LogP contribution in [0.25, 0.3) is 0 Å². The fourth-order valence-electron chi connectivity index (χ4n) is 9.21. The third kappa shape index (κ3) is 2.04. The van der Waals surface area contributed by atoms with Crippen molar-refractivity contribution in [1.82, 2.24) is 0 Å². The van der Waals surface area contributed by atoms with Crippen molar-refractivity contribution in [3.05, 3.63) is 106 Å². The van der Waals surface area contributed by atoms with E-state index in [1.807, 2.05) is 0 Å². The Bertz CT molecular complexity index is 1140. The van der Waals surface area contributed by atoms with Gasteiger partial charge in [0.15, 0.2) is 0 Å². The number of benzene rings is 3.